The maximum atomic E-state index is 12.1. The average molecular weight is 367 g/mol. The number of rotatable bonds is 8. The zero-order valence-electron chi connectivity index (χ0n) is 14.3. The number of alkyl halides is 3. The summed E-state index contributed by atoms with van der Waals surface area (Å²) in [6.45, 7) is 2.65. The highest BCUT2D eigenvalue weighted by Crippen LogP contribution is 2.22. The van der Waals surface area contributed by atoms with Crippen molar-refractivity contribution >= 4 is 5.91 Å². The second kappa shape index (κ2) is 9.12. The molecular weight excluding hydrogens is 347 g/mol. The maximum Gasteiger partial charge on any atom is 0.573 e. The molecule has 0 aromatic heterocycles. The van der Waals surface area contributed by atoms with Crippen molar-refractivity contribution < 1.29 is 27.4 Å². The van der Waals surface area contributed by atoms with Gasteiger partial charge in [0.2, 0.25) is 5.91 Å². The quantitative estimate of drug-likeness (QED) is 0.705. The minimum absolute atomic E-state index is 0.145. The van der Waals surface area contributed by atoms with Crippen molar-refractivity contribution in [3.05, 3.63) is 59.7 Å². The third-order valence-electron chi connectivity index (χ3n) is 3.45. The van der Waals surface area contributed by atoms with Gasteiger partial charge in [0.1, 0.15) is 11.5 Å². The summed E-state index contributed by atoms with van der Waals surface area (Å²) >= 11 is 0. The molecule has 0 heterocycles. The average Bonchev–Trinajstić information content (AvgIpc) is 2.57. The highest BCUT2D eigenvalue weighted by atomic mass is 19.4. The molecule has 0 atom stereocenters. The van der Waals surface area contributed by atoms with Gasteiger partial charge in [0, 0.05) is 13.0 Å². The molecule has 0 aliphatic rings. The SMILES string of the molecule is Cc1cccc(OCCCC(=O)NCc2ccc(OC(F)(F)F)cc2)c1. The molecular formula is C19H20F3NO3. The largest absolute Gasteiger partial charge is 0.573 e. The molecule has 0 unspecified atom stereocenters. The lowest BCUT2D eigenvalue weighted by Gasteiger charge is -2.10. The molecule has 1 N–H and O–H groups in total. The van der Waals surface area contributed by atoms with Crippen molar-refractivity contribution in [1.82, 2.24) is 5.32 Å². The Labute approximate surface area is 149 Å². The number of amides is 1. The number of aryl methyl sites for hydroxylation is 1. The summed E-state index contributed by atoms with van der Waals surface area (Å²) in [6.07, 6.45) is -3.84. The van der Waals surface area contributed by atoms with Crippen LogP contribution in [0.5, 0.6) is 11.5 Å². The van der Waals surface area contributed by atoms with E-state index in [4.69, 9.17) is 4.74 Å². The molecule has 0 fully saturated rings. The number of carbonyl (C=O) groups is 1. The fourth-order valence-corrected chi connectivity index (χ4v) is 2.23. The fourth-order valence-electron chi connectivity index (χ4n) is 2.23. The molecule has 0 aliphatic carbocycles. The van der Waals surface area contributed by atoms with E-state index in [2.05, 4.69) is 10.1 Å². The van der Waals surface area contributed by atoms with Crippen LogP contribution in [0.25, 0.3) is 0 Å². The van der Waals surface area contributed by atoms with Gasteiger partial charge in [-0.25, -0.2) is 0 Å². The first-order chi connectivity index (χ1) is 12.3. The monoisotopic (exact) mass is 367 g/mol. The lowest BCUT2D eigenvalue weighted by Crippen LogP contribution is -2.23. The first kappa shape index (κ1) is 19.6. The number of hydrogen-bond acceptors (Lipinski definition) is 3. The normalized spacial score (nSPS) is 11.1. The lowest BCUT2D eigenvalue weighted by molar-refractivity contribution is -0.274. The van der Waals surface area contributed by atoms with E-state index < -0.39 is 6.36 Å². The predicted molar refractivity (Wildman–Crippen MR) is 90.9 cm³/mol. The first-order valence-electron chi connectivity index (χ1n) is 8.13. The minimum atomic E-state index is -4.71. The van der Waals surface area contributed by atoms with E-state index in [1.54, 1.807) is 0 Å². The Morgan fingerprint density at radius 1 is 1.08 bits per heavy atom. The molecule has 0 saturated carbocycles. The molecule has 2 rings (SSSR count). The van der Waals surface area contributed by atoms with E-state index in [9.17, 15) is 18.0 Å². The zero-order valence-corrected chi connectivity index (χ0v) is 14.3. The van der Waals surface area contributed by atoms with Crippen LogP contribution >= 0.6 is 0 Å². The number of hydrogen-bond donors (Lipinski definition) is 1. The minimum Gasteiger partial charge on any atom is -0.494 e. The van der Waals surface area contributed by atoms with Crippen LogP contribution in [0.2, 0.25) is 0 Å². The fraction of sp³-hybridized carbons (Fsp3) is 0.316. The van der Waals surface area contributed by atoms with Crippen molar-refractivity contribution in [1.29, 1.82) is 0 Å². The molecule has 7 heteroatoms. The maximum absolute atomic E-state index is 12.1. The van der Waals surface area contributed by atoms with Gasteiger partial charge in [0.05, 0.1) is 6.61 Å². The van der Waals surface area contributed by atoms with Gasteiger partial charge in [-0.2, -0.15) is 0 Å². The topological polar surface area (TPSA) is 47.6 Å². The van der Waals surface area contributed by atoms with Gasteiger partial charge >= 0.3 is 6.36 Å². The van der Waals surface area contributed by atoms with Gasteiger partial charge in [0.25, 0.3) is 0 Å². The van der Waals surface area contributed by atoms with Crippen molar-refractivity contribution in [3.63, 3.8) is 0 Å². The summed E-state index contributed by atoms with van der Waals surface area (Å²) in [6, 6.07) is 13.0. The van der Waals surface area contributed by atoms with Crippen LogP contribution in [0, 0.1) is 6.92 Å². The van der Waals surface area contributed by atoms with Crippen molar-refractivity contribution in [2.45, 2.75) is 32.7 Å². The van der Waals surface area contributed by atoms with Gasteiger partial charge < -0.3 is 14.8 Å². The molecule has 0 bridgehead atoms. The zero-order chi connectivity index (χ0) is 19.0. The van der Waals surface area contributed by atoms with Crippen LogP contribution in [0.1, 0.15) is 24.0 Å². The van der Waals surface area contributed by atoms with Crippen LogP contribution in [-0.2, 0) is 11.3 Å². The Morgan fingerprint density at radius 3 is 2.46 bits per heavy atom. The Kier molecular flexibility index (Phi) is 6.89. The predicted octanol–water partition coefficient (Wildman–Crippen LogP) is 4.37. The van der Waals surface area contributed by atoms with Crippen LogP contribution in [-0.4, -0.2) is 18.9 Å². The van der Waals surface area contributed by atoms with Gasteiger partial charge in [-0.3, -0.25) is 4.79 Å². The lowest BCUT2D eigenvalue weighted by atomic mass is 10.2. The van der Waals surface area contributed by atoms with Crippen LogP contribution in [0.4, 0.5) is 13.2 Å². The molecule has 140 valence electrons. The second-order valence-electron chi connectivity index (χ2n) is 5.74. The summed E-state index contributed by atoms with van der Waals surface area (Å²) in [7, 11) is 0. The summed E-state index contributed by atoms with van der Waals surface area (Å²) in [5, 5.41) is 2.72. The van der Waals surface area contributed by atoms with E-state index in [-0.39, 0.29) is 18.2 Å². The molecule has 2 aromatic rings. The van der Waals surface area contributed by atoms with Gasteiger partial charge in [-0.05, 0) is 48.7 Å². The number of halogens is 3. The molecule has 26 heavy (non-hydrogen) atoms. The molecule has 1 amide bonds. The molecule has 0 aliphatic heterocycles. The Balaban J connectivity index is 1.65. The third kappa shape index (κ3) is 7.46. The Bertz CT molecular complexity index is 715. The van der Waals surface area contributed by atoms with Crippen LogP contribution in [0.15, 0.2) is 48.5 Å². The number of nitrogens with one attached hydrogen (secondary N) is 1. The van der Waals surface area contributed by atoms with E-state index in [0.717, 1.165) is 11.3 Å². The number of benzene rings is 2. The standard InChI is InChI=1S/C19H20F3NO3/c1-14-4-2-5-17(12-14)25-11-3-6-18(24)23-13-15-7-9-16(10-8-15)26-19(20,21)22/h2,4-5,7-10,12H,3,6,11,13H2,1H3,(H,23,24). The van der Waals surface area contributed by atoms with Crippen LogP contribution in [0.3, 0.4) is 0 Å². The Morgan fingerprint density at radius 2 is 1.81 bits per heavy atom. The molecule has 0 spiro atoms. The van der Waals surface area contributed by atoms with Crippen molar-refractivity contribution in [3.8, 4) is 11.5 Å². The smallest absolute Gasteiger partial charge is 0.494 e. The van der Waals surface area contributed by atoms with Crippen molar-refractivity contribution in [2.75, 3.05) is 6.61 Å². The van der Waals surface area contributed by atoms with Gasteiger partial charge in [0.15, 0.2) is 0 Å². The van der Waals surface area contributed by atoms with E-state index >= 15 is 0 Å². The molecule has 4 nitrogen and oxygen atoms in total. The first-order valence-corrected chi connectivity index (χ1v) is 8.13. The highest BCUT2D eigenvalue weighted by Gasteiger charge is 2.30. The summed E-state index contributed by atoms with van der Waals surface area (Å²) in [5.74, 6) is 0.334. The molecule has 0 saturated heterocycles. The molecule has 2 aromatic carbocycles. The van der Waals surface area contributed by atoms with E-state index in [1.807, 2.05) is 31.2 Å². The Hall–Kier alpha value is -2.70. The van der Waals surface area contributed by atoms with Gasteiger partial charge in [-0.15, -0.1) is 13.2 Å². The number of carbonyl (C=O) groups excluding carboxylic acids is 1. The highest BCUT2D eigenvalue weighted by molar-refractivity contribution is 5.75. The van der Waals surface area contributed by atoms with Crippen LogP contribution < -0.4 is 14.8 Å². The van der Waals surface area contributed by atoms with Gasteiger partial charge in [-0.1, -0.05) is 24.3 Å². The second-order valence-corrected chi connectivity index (χ2v) is 5.74. The molecule has 0 radical (unpaired) electrons. The third-order valence-corrected chi connectivity index (χ3v) is 3.45. The number of ether oxygens (including phenoxy) is 2. The van der Waals surface area contributed by atoms with E-state index in [1.165, 1.54) is 24.3 Å². The van der Waals surface area contributed by atoms with Crippen molar-refractivity contribution in [2.24, 2.45) is 0 Å². The van der Waals surface area contributed by atoms with E-state index in [0.29, 0.717) is 25.0 Å². The summed E-state index contributed by atoms with van der Waals surface area (Å²) in [5.41, 5.74) is 1.79. The summed E-state index contributed by atoms with van der Waals surface area (Å²) in [4.78, 5) is 11.8. The summed E-state index contributed by atoms with van der Waals surface area (Å²) < 4.78 is 45.6.